The first-order valence-electron chi connectivity index (χ1n) is 7.67. The molecule has 0 fully saturated rings. The lowest BCUT2D eigenvalue weighted by atomic mass is 10.1. The van der Waals surface area contributed by atoms with Crippen LogP contribution in [0.2, 0.25) is 0 Å². The van der Waals surface area contributed by atoms with Gasteiger partial charge in [0.1, 0.15) is 0 Å². The summed E-state index contributed by atoms with van der Waals surface area (Å²) in [5.74, 6) is -0.0295. The molecule has 3 heteroatoms. The Kier molecular flexibility index (Phi) is 7.13. The van der Waals surface area contributed by atoms with Gasteiger partial charge in [0.2, 0.25) is 5.91 Å². The molecule has 1 unspecified atom stereocenters. The molecule has 1 amide bonds. The number of nitrogens with one attached hydrogen (secondary N) is 2. The number of carbonyl (C=O) groups is 1. The van der Waals surface area contributed by atoms with Gasteiger partial charge in [-0.3, -0.25) is 4.79 Å². The molecule has 112 valence electrons. The summed E-state index contributed by atoms with van der Waals surface area (Å²) in [4.78, 5) is 11.1. The smallest absolute Gasteiger partial charge is 0.221 e. The van der Waals surface area contributed by atoms with Gasteiger partial charge in [-0.15, -0.1) is 0 Å². The van der Waals surface area contributed by atoms with E-state index in [4.69, 9.17) is 0 Å². The number of amides is 1. The second-order valence-electron chi connectivity index (χ2n) is 5.61. The molecule has 1 atom stereocenters. The van der Waals surface area contributed by atoms with Gasteiger partial charge in [-0.25, -0.2) is 0 Å². The van der Waals surface area contributed by atoms with Gasteiger partial charge < -0.3 is 10.6 Å². The summed E-state index contributed by atoms with van der Waals surface area (Å²) in [6.45, 7) is 8.01. The van der Waals surface area contributed by atoms with Crippen molar-refractivity contribution in [3.63, 3.8) is 0 Å². The molecular weight excluding hydrogens is 248 g/mol. The van der Waals surface area contributed by atoms with E-state index in [1.807, 2.05) is 19.1 Å². The molecule has 1 aromatic rings. The normalized spacial score (nSPS) is 12.0. The fraction of sp³-hybridized carbons (Fsp3) is 0.588. The standard InChI is InChI=1S/C17H28N2O/c1-5-6-7-8-9-14(3)18-16-10-11-17(13(2)12-16)19-15(4)20/h10-12,14,18H,5-9H2,1-4H3,(H,19,20). The summed E-state index contributed by atoms with van der Waals surface area (Å²) in [5.41, 5.74) is 3.10. The van der Waals surface area contributed by atoms with E-state index in [1.165, 1.54) is 39.0 Å². The zero-order valence-electron chi connectivity index (χ0n) is 13.3. The van der Waals surface area contributed by atoms with E-state index in [2.05, 4.69) is 30.5 Å². The zero-order chi connectivity index (χ0) is 15.0. The van der Waals surface area contributed by atoms with Gasteiger partial charge >= 0.3 is 0 Å². The van der Waals surface area contributed by atoms with Crippen LogP contribution in [-0.4, -0.2) is 11.9 Å². The Bertz CT molecular complexity index is 429. The van der Waals surface area contributed by atoms with E-state index in [0.29, 0.717) is 6.04 Å². The van der Waals surface area contributed by atoms with Crippen molar-refractivity contribution in [2.75, 3.05) is 10.6 Å². The molecule has 20 heavy (non-hydrogen) atoms. The molecule has 0 bridgehead atoms. The van der Waals surface area contributed by atoms with E-state index in [9.17, 15) is 4.79 Å². The van der Waals surface area contributed by atoms with Crippen molar-refractivity contribution in [3.8, 4) is 0 Å². The Labute approximate surface area is 123 Å². The van der Waals surface area contributed by atoms with E-state index in [1.54, 1.807) is 0 Å². The quantitative estimate of drug-likeness (QED) is 0.674. The largest absolute Gasteiger partial charge is 0.383 e. The SMILES string of the molecule is CCCCCCC(C)Nc1ccc(NC(C)=O)c(C)c1. The summed E-state index contributed by atoms with van der Waals surface area (Å²) in [5, 5.41) is 6.36. The summed E-state index contributed by atoms with van der Waals surface area (Å²) < 4.78 is 0. The Balaban J connectivity index is 2.47. The molecule has 0 saturated carbocycles. The predicted octanol–water partition coefficient (Wildman–Crippen LogP) is 4.72. The fourth-order valence-corrected chi connectivity index (χ4v) is 2.32. The number of hydrogen-bond donors (Lipinski definition) is 2. The second kappa shape index (κ2) is 8.62. The monoisotopic (exact) mass is 276 g/mol. The summed E-state index contributed by atoms with van der Waals surface area (Å²) in [6, 6.07) is 6.56. The van der Waals surface area contributed by atoms with Gasteiger partial charge in [0, 0.05) is 24.3 Å². The van der Waals surface area contributed by atoms with Crippen LogP contribution in [0.25, 0.3) is 0 Å². The van der Waals surface area contributed by atoms with Crippen molar-refractivity contribution >= 4 is 17.3 Å². The Morgan fingerprint density at radius 3 is 2.60 bits per heavy atom. The average Bonchev–Trinajstić information content (AvgIpc) is 2.37. The maximum Gasteiger partial charge on any atom is 0.221 e. The van der Waals surface area contributed by atoms with E-state index < -0.39 is 0 Å². The first-order valence-corrected chi connectivity index (χ1v) is 7.67. The Morgan fingerprint density at radius 2 is 2.00 bits per heavy atom. The van der Waals surface area contributed by atoms with Crippen LogP contribution >= 0.6 is 0 Å². The fourth-order valence-electron chi connectivity index (χ4n) is 2.32. The van der Waals surface area contributed by atoms with Crippen molar-refractivity contribution in [2.45, 2.75) is 65.8 Å². The number of aryl methyl sites for hydroxylation is 1. The first kappa shape index (κ1) is 16.5. The molecule has 1 aromatic carbocycles. The molecule has 3 nitrogen and oxygen atoms in total. The van der Waals surface area contributed by atoms with Crippen molar-refractivity contribution < 1.29 is 4.79 Å². The van der Waals surface area contributed by atoms with Gasteiger partial charge in [0.25, 0.3) is 0 Å². The van der Waals surface area contributed by atoms with E-state index in [-0.39, 0.29) is 5.91 Å². The molecule has 0 aliphatic heterocycles. The van der Waals surface area contributed by atoms with Crippen molar-refractivity contribution in [1.29, 1.82) is 0 Å². The molecule has 0 heterocycles. The average molecular weight is 276 g/mol. The second-order valence-corrected chi connectivity index (χ2v) is 5.61. The molecule has 0 spiro atoms. The van der Waals surface area contributed by atoms with Gasteiger partial charge in [-0.2, -0.15) is 0 Å². The number of carbonyl (C=O) groups excluding carboxylic acids is 1. The molecule has 0 aromatic heterocycles. The highest BCUT2D eigenvalue weighted by Crippen LogP contribution is 2.21. The van der Waals surface area contributed by atoms with Crippen LogP contribution in [-0.2, 0) is 4.79 Å². The maximum atomic E-state index is 11.1. The van der Waals surface area contributed by atoms with Crippen molar-refractivity contribution in [3.05, 3.63) is 23.8 Å². The van der Waals surface area contributed by atoms with Gasteiger partial charge in [0.05, 0.1) is 0 Å². The molecule has 2 N–H and O–H groups in total. The third kappa shape index (κ3) is 6.09. The Hall–Kier alpha value is -1.51. The minimum atomic E-state index is -0.0295. The van der Waals surface area contributed by atoms with Gasteiger partial charge in [0.15, 0.2) is 0 Å². The predicted molar refractivity (Wildman–Crippen MR) is 87.3 cm³/mol. The maximum absolute atomic E-state index is 11.1. The number of rotatable bonds is 8. The molecule has 0 radical (unpaired) electrons. The molecule has 0 aliphatic carbocycles. The summed E-state index contributed by atoms with van der Waals surface area (Å²) in [6.07, 6.45) is 6.42. The number of anilines is 2. The van der Waals surface area contributed by atoms with Crippen molar-refractivity contribution in [1.82, 2.24) is 0 Å². The molecule has 0 saturated heterocycles. The van der Waals surface area contributed by atoms with Crippen LogP contribution in [0.1, 0.15) is 58.4 Å². The highest BCUT2D eigenvalue weighted by molar-refractivity contribution is 5.89. The first-order chi connectivity index (χ1) is 9.52. The van der Waals surface area contributed by atoms with Crippen LogP contribution in [0.15, 0.2) is 18.2 Å². The van der Waals surface area contributed by atoms with Gasteiger partial charge in [-0.1, -0.05) is 32.6 Å². The number of hydrogen-bond acceptors (Lipinski definition) is 2. The van der Waals surface area contributed by atoms with Crippen molar-refractivity contribution in [2.24, 2.45) is 0 Å². The van der Waals surface area contributed by atoms with Gasteiger partial charge in [-0.05, 0) is 44.0 Å². The highest BCUT2D eigenvalue weighted by Gasteiger charge is 2.05. The number of unbranched alkanes of at least 4 members (excludes halogenated alkanes) is 3. The topological polar surface area (TPSA) is 41.1 Å². The Morgan fingerprint density at radius 1 is 1.25 bits per heavy atom. The molecule has 0 aliphatic rings. The lowest BCUT2D eigenvalue weighted by Gasteiger charge is -2.16. The zero-order valence-corrected chi connectivity index (χ0v) is 13.3. The van der Waals surface area contributed by atoms with Crippen LogP contribution in [0, 0.1) is 6.92 Å². The molecular formula is C17H28N2O. The molecule has 1 rings (SSSR count). The number of benzene rings is 1. The third-order valence-corrected chi connectivity index (χ3v) is 3.44. The third-order valence-electron chi connectivity index (χ3n) is 3.44. The minimum absolute atomic E-state index is 0.0295. The lowest BCUT2D eigenvalue weighted by molar-refractivity contribution is -0.114. The van der Waals surface area contributed by atoms with Crippen LogP contribution in [0.5, 0.6) is 0 Å². The minimum Gasteiger partial charge on any atom is -0.383 e. The van der Waals surface area contributed by atoms with Crippen LogP contribution < -0.4 is 10.6 Å². The summed E-state index contributed by atoms with van der Waals surface area (Å²) in [7, 11) is 0. The van der Waals surface area contributed by atoms with E-state index >= 15 is 0 Å². The van der Waals surface area contributed by atoms with Crippen LogP contribution in [0.4, 0.5) is 11.4 Å². The highest BCUT2D eigenvalue weighted by atomic mass is 16.1. The lowest BCUT2D eigenvalue weighted by Crippen LogP contribution is -2.15. The van der Waals surface area contributed by atoms with E-state index in [0.717, 1.165) is 16.9 Å². The van der Waals surface area contributed by atoms with Crippen LogP contribution in [0.3, 0.4) is 0 Å². The summed E-state index contributed by atoms with van der Waals surface area (Å²) >= 11 is 0.